The molecule has 114 valence electrons. The third-order valence-corrected chi connectivity index (χ3v) is 4.87. The van der Waals surface area contributed by atoms with Gasteiger partial charge in [0.05, 0.1) is 17.7 Å². The molecule has 0 amide bonds. The lowest BCUT2D eigenvalue weighted by Gasteiger charge is -2.21. The van der Waals surface area contributed by atoms with Gasteiger partial charge in [-0.15, -0.1) is 11.3 Å². The summed E-state index contributed by atoms with van der Waals surface area (Å²) < 4.78 is 0. The van der Waals surface area contributed by atoms with Crippen LogP contribution in [0.4, 0.5) is 5.69 Å². The summed E-state index contributed by atoms with van der Waals surface area (Å²) in [7, 11) is 2.08. The number of halogens is 1. The van der Waals surface area contributed by atoms with Crippen molar-refractivity contribution in [3.05, 3.63) is 44.9 Å². The highest BCUT2D eigenvalue weighted by atomic mass is 35.5. The number of hydrogen-bond acceptors (Lipinski definition) is 4. The van der Waals surface area contributed by atoms with E-state index in [4.69, 9.17) is 11.6 Å². The summed E-state index contributed by atoms with van der Waals surface area (Å²) in [5, 5.41) is 4.20. The van der Waals surface area contributed by atoms with E-state index in [1.54, 1.807) is 11.3 Å². The smallest absolute Gasteiger partial charge is 0.0798 e. The second kappa shape index (κ2) is 7.25. The predicted octanol–water partition coefficient (Wildman–Crippen LogP) is 4.41. The molecular formula is C16H22ClN3S. The summed E-state index contributed by atoms with van der Waals surface area (Å²) in [5.41, 5.74) is 5.27. The maximum atomic E-state index is 6.44. The molecule has 2 rings (SSSR count). The van der Waals surface area contributed by atoms with Crippen molar-refractivity contribution in [2.24, 2.45) is 0 Å². The van der Waals surface area contributed by atoms with E-state index in [1.807, 2.05) is 18.5 Å². The van der Waals surface area contributed by atoms with E-state index in [9.17, 15) is 0 Å². The average Bonchev–Trinajstić information content (AvgIpc) is 2.84. The topological polar surface area (TPSA) is 28.2 Å². The quantitative estimate of drug-likeness (QED) is 0.853. The fraction of sp³-hybridized carbons (Fsp3) is 0.438. The van der Waals surface area contributed by atoms with Gasteiger partial charge >= 0.3 is 0 Å². The lowest BCUT2D eigenvalue weighted by atomic mass is 10.1. The van der Waals surface area contributed by atoms with Crippen molar-refractivity contribution in [2.45, 2.75) is 33.4 Å². The number of nitrogens with one attached hydrogen (secondary N) is 1. The summed E-state index contributed by atoms with van der Waals surface area (Å²) in [6.07, 6.45) is 0. The second-order valence-corrected chi connectivity index (χ2v) is 6.55. The second-order valence-electron chi connectivity index (χ2n) is 5.20. The molecule has 1 aromatic carbocycles. The van der Waals surface area contributed by atoms with Crippen molar-refractivity contribution in [3.63, 3.8) is 0 Å². The average molecular weight is 324 g/mol. The van der Waals surface area contributed by atoms with Crippen LogP contribution in [0, 0.1) is 6.92 Å². The molecule has 1 N–H and O–H groups in total. The highest BCUT2D eigenvalue weighted by molar-refractivity contribution is 7.09. The zero-order chi connectivity index (χ0) is 15.4. The normalized spacial score (nSPS) is 12.4. The van der Waals surface area contributed by atoms with Crippen LogP contribution in [0.5, 0.6) is 0 Å². The molecule has 0 bridgehead atoms. The monoisotopic (exact) mass is 323 g/mol. The van der Waals surface area contributed by atoms with Gasteiger partial charge in [0, 0.05) is 28.7 Å². The molecule has 0 saturated heterocycles. The van der Waals surface area contributed by atoms with Gasteiger partial charge in [-0.3, -0.25) is 0 Å². The van der Waals surface area contributed by atoms with Crippen LogP contribution in [0.2, 0.25) is 5.02 Å². The zero-order valence-corrected chi connectivity index (χ0v) is 14.6. The number of aryl methyl sites for hydroxylation is 1. The van der Waals surface area contributed by atoms with E-state index < -0.39 is 0 Å². The number of benzene rings is 1. The Bertz CT molecular complexity index is 597. The third-order valence-electron chi connectivity index (χ3n) is 3.63. The van der Waals surface area contributed by atoms with Gasteiger partial charge in [-0.2, -0.15) is 0 Å². The van der Waals surface area contributed by atoms with Crippen LogP contribution in [0.3, 0.4) is 0 Å². The maximum absolute atomic E-state index is 6.44. The van der Waals surface area contributed by atoms with Gasteiger partial charge < -0.3 is 10.2 Å². The molecule has 0 aliphatic carbocycles. The largest absolute Gasteiger partial charge is 0.369 e. The van der Waals surface area contributed by atoms with Crippen molar-refractivity contribution in [2.75, 3.05) is 18.5 Å². The molecule has 1 heterocycles. The van der Waals surface area contributed by atoms with Crippen molar-refractivity contribution in [1.82, 2.24) is 10.3 Å². The molecule has 0 radical (unpaired) electrons. The SMILES string of the molecule is CCNC(C)c1ccc(N(C)Cc2scnc2C)cc1Cl. The minimum Gasteiger partial charge on any atom is -0.369 e. The van der Waals surface area contributed by atoms with Gasteiger partial charge in [0.25, 0.3) is 0 Å². The van der Waals surface area contributed by atoms with Crippen molar-refractivity contribution < 1.29 is 0 Å². The fourth-order valence-corrected chi connectivity index (χ4v) is 3.47. The van der Waals surface area contributed by atoms with Crippen LogP contribution in [-0.2, 0) is 6.54 Å². The lowest BCUT2D eigenvalue weighted by molar-refractivity contribution is 0.598. The molecule has 1 atom stereocenters. The molecule has 1 aromatic heterocycles. The van der Waals surface area contributed by atoms with Crippen LogP contribution < -0.4 is 10.2 Å². The minimum atomic E-state index is 0.269. The Morgan fingerprint density at radius 1 is 1.43 bits per heavy atom. The Kier molecular flexibility index (Phi) is 5.62. The summed E-state index contributed by atoms with van der Waals surface area (Å²) in [6.45, 7) is 8.07. The molecule has 3 nitrogen and oxygen atoms in total. The highest BCUT2D eigenvalue weighted by Gasteiger charge is 2.12. The summed E-state index contributed by atoms with van der Waals surface area (Å²) in [6, 6.07) is 6.55. The Morgan fingerprint density at radius 2 is 2.19 bits per heavy atom. The van der Waals surface area contributed by atoms with Crippen molar-refractivity contribution in [3.8, 4) is 0 Å². The molecule has 0 aliphatic rings. The zero-order valence-electron chi connectivity index (χ0n) is 13.0. The molecule has 0 fully saturated rings. The van der Waals surface area contributed by atoms with Crippen molar-refractivity contribution in [1.29, 1.82) is 0 Å². The fourth-order valence-electron chi connectivity index (χ4n) is 2.31. The number of aromatic nitrogens is 1. The minimum absolute atomic E-state index is 0.269. The van der Waals surface area contributed by atoms with E-state index in [-0.39, 0.29) is 6.04 Å². The van der Waals surface area contributed by atoms with E-state index in [0.717, 1.165) is 35.1 Å². The number of anilines is 1. The van der Waals surface area contributed by atoms with Crippen molar-refractivity contribution >= 4 is 28.6 Å². The summed E-state index contributed by atoms with van der Waals surface area (Å²) >= 11 is 8.14. The van der Waals surface area contributed by atoms with Gasteiger partial charge in [0.2, 0.25) is 0 Å². The number of hydrogen-bond donors (Lipinski definition) is 1. The van der Waals surface area contributed by atoms with E-state index in [1.165, 1.54) is 4.88 Å². The predicted molar refractivity (Wildman–Crippen MR) is 92.5 cm³/mol. The van der Waals surface area contributed by atoms with Gasteiger partial charge in [-0.25, -0.2) is 4.98 Å². The first-order chi connectivity index (χ1) is 10.0. The van der Waals surface area contributed by atoms with E-state index >= 15 is 0 Å². The number of rotatable bonds is 6. The molecular weight excluding hydrogens is 302 g/mol. The van der Waals surface area contributed by atoms with E-state index in [0.29, 0.717) is 0 Å². The van der Waals surface area contributed by atoms with Crippen LogP contribution in [0.15, 0.2) is 23.7 Å². The molecule has 0 spiro atoms. The van der Waals surface area contributed by atoms with Crippen LogP contribution in [0.1, 0.15) is 36.0 Å². The Labute approximate surface area is 136 Å². The van der Waals surface area contributed by atoms with Crippen LogP contribution in [-0.4, -0.2) is 18.6 Å². The first kappa shape index (κ1) is 16.3. The number of thiazole rings is 1. The third kappa shape index (κ3) is 3.96. The van der Waals surface area contributed by atoms with Gasteiger partial charge in [0.15, 0.2) is 0 Å². The Balaban J connectivity index is 2.14. The molecule has 0 saturated carbocycles. The maximum Gasteiger partial charge on any atom is 0.0798 e. The standard InChI is InChI=1S/C16H22ClN3S/c1-5-18-11(2)14-7-6-13(8-15(14)17)20(4)9-16-12(3)19-10-21-16/h6-8,10-11,18H,5,9H2,1-4H3. The van der Waals surface area contributed by atoms with E-state index in [2.05, 4.69) is 48.2 Å². The first-order valence-electron chi connectivity index (χ1n) is 7.15. The molecule has 0 aliphatic heterocycles. The lowest BCUT2D eigenvalue weighted by Crippen LogP contribution is -2.19. The molecule has 2 aromatic rings. The molecule has 1 unspecified atom stereocenters. The summed E-state index contributed by atoms with van der Waals surface area (Å²) in [4.78, 5) is 7.79. The van der Waals surface area contributed by atoms with Gasteiger partial charge in [-0.05, 0) is 38.1 Å². The highest BCUT2D eigenvalue weighted by Crippen LogP contribution is 2.28. The first-order valence-corrected chi connectivity index (χ1v) is 8.41. The Hall–Kier alpha value is -1.10. The van der Waals surface area contributed by atoms with Gasteiger partial charge in [-0.1, -0.05) is 24.6 Å². The Morgan fingerprint density at radius 3 is 2.76 bits per heavy atom. The van der Waals surface area contributed by atoms with Crippen LogP contribution >= 0.6 is 22.9 Å². The molecule has 21 heavy (non-hydrogen) atoms. The number of nitrogens with zero attached hydrogens (tertiary/aromatic N) is 2. The summed E-state index contributed by atoms with van der Waals surface area (Å²) in [5.74, 6) is 0. The van der Waals surface area contributed by atoms with Crippen LogP contribution in [0.25, 0.3) is 0 Å². The molecule has 5 heteroatoms. The van der Waals surface area contributed by atoms with Gasteiger partial charge in [0.1, 0.15) is 0 Å².